The topological polar surface area (TPSA) is 76.1 Å². The fourth-order valence-electron chi connectivity index (χ4n) is 3.61. The van der Waals surface area contributed by atoms with Crippen molar-refractivity contribution >= 4 is 11.9 Å². The molecule has 1 heterocycles. The van der Waals surface area contributed by atoms with Crippen LogP contribution in [-0.4, -0.2) is 53.0 Å². The third-order valence-electron chi connectivity index (χ3n) is 4.80. The van der Waals surface area contributed by atoms with Crippen LogP contribution in [-0.2, 0) is 9.47 Å². The van der Waals surface area contributed by atoms with Crippen molar-refractivity contribution in [2.75, 3.05) is 13.2 Å². The molecule has 0 aromatic heterocycles. The Bertz CT molecular complexity index is 625. The van der Waals surface area contributed by atoms with Crippen molar-refractivity contribution in [1.82, 2.24) is 4.90 Å². The average Bonchev–Trinajstić information content (AvgIpc) is 3.01. The quantitative estimate of drug-likeness (QED) is 0.796. The van der Waals surface area contributed by atoms with Crippen LogP contribution in [0.4, 0.5) is 0 Å². The highest BCUT2D eigenvalue weighted by atomic mass is 16.6. The highest BCUT2D eigenvalue weighted by Crippen LogP contribution is 2.37. The monoisotopic (exact) mass is 349 g/mol. The Hall–Kier alpha value is -1.92. The van der Waals surface area contributed by atoms with Gasteiger partial charge in [0.15, 0.2) is 5.72 Å². The minimum absolute atomic E-state index is 0.133. The lowest BCUT2D eigenvalue weighted by atomic mass is 9.91. The van der Waals surface area contributed by atoms with E-state index in [2.05, 4.69) is 32.6 Å². The fraction of sp³-hybridized carbons (Fsp3) is 0.579. The molecule has 1 aromatic rings. The lowest BCUT2D eigenvalue weighted by Crippen LogP contribution is -2.60. The smallest absolute Gasteiger partial charge is 0.338 e. The third kappa shape index (κ3) is 3.70. The summed E-state index contributed by atoms with van der Waals surface area (Å²) in [6.07, 6.45) is -0.468. The summed E-state index contributed by atoms with van der Waals surface area (Å²) in [4.78, 5) is 25.6. The van der Waals surface area contributed by atoms with Crippen molar-refractivity contribution in [3.63, 3.8) is 0 Å². The summed E-state index contributed by atoms with van der Waals surface area (Å²) in [7, 11) is 0. The molecule has 0 amide bonds. The van der Waals surface area contributed by atoms with Gasteiger partial charge in [-0.25, -0.2) is 9.59 Å². The van der Waals surface area contributed by atoms with Gasteiger partial charge in [-0.3, -0.25) is 4.90 Å². The largest absolute Gasteiger partial charge is 0.478 e. The van der Waals surface area contributed by atoms with E-state index in [4.69, 9.17) is 14.6 Å². The number of aromatic carboxylic acids is 1. The van der Waals surface area contributed by atoms with Crippen LogP contribution < -0.4 is 0 Å². The van der Waals surface area contributed by atoms with Gasteiger partial charge in [0.25, 0.3) is 0 Å². The van der Waals surface area contributed by atoms with Crippen LogP contribution >= 0.6 is 0 Å². The maximum Gasteiger partial charge on any atom is 0.338 e. The van der Waals surface area contributed by atoms with E-state index in [1.165, 1.54) is 24.3 Å². The summed E-state index contributed by atoms with van der Waals surface area (Å²) in [6, 6.07) is 6.00. The first-order chi connectivity index (χ1) is 11.7. The second-order valence-electron chi connectivity index (χ2n) is 6.97. The number of hydrogen-bond acceptors (Lipinski definition) is 5. The van der Waals surface area contributed by atoms with E-state index in [0.717, 1.165) is 6.54 Å². The van der Waals surface area contributed by atoms with Crippen molar-refractivity contribution < 1.29 is 24.2 Å². The van der Waals surface area contributed by atoms with Gasteiger partial charge >= 0.3 is 11.9 Å². The van der Waals surface area contributed by atoms with Crippen molar-refractivity contribution in [3.05, 3.63) is 35.4 Å². The molecular formula is C19H27NO5. The van der Waals surface area contributed by atoms with Gasteiger partial charge in [0, 0.05) is 12.6 Å². The molecule has 2 rings (SSSR count). The molecule has 0 spiro atoms. The average molecular weight is 349 g/mol. The second-order valence-corrected chi connectivity index (χ2v) is 6.97. The molecule has 138 valence electrons. The first-order valence-corrected chi connectivity index (χ1v) is 8.65. The number of benzene rings is 1. The van der Waals surface area contributed by atoms with Crippen LogP contribution in [0.25, 0.3) is 0 Å². The lowest BCUT2D eigenvalue weighted by molar-refractivity contribution is -0.189. The van der Waals surface area contributed by atoms with Crippen molar-refractivity contribution in [3.8, 4) is 0 Å². The van der Waals surface area contributed by atoms with Gasteiger partial charge in [-0.15, -0.1) is 0 Å². The van der Waals surface area contributed by atoms with Crippen molar-refractivity contribution in [2.24, 2.45) is 5.92 Å². The van der Waals surface area contributed by atoms with Crippen LogP contribution in [0.2, 0.25) is 0 Å². The van der Waals surface area contributed by atoms with Gasteiger partial charge in [0.1, 0.15) is 6.10 Å². The molecular weight excluding hydrogens is 322 g/mol. The first-order valence-electron chi connectivity index (χ1n) is 8.65. The molecule has 0 radical (unpaired) electrons. The normalized spacial score (nSPS) is 22.4. The van der Waals surface area contributed by atoms with Gasteiger partial charge in [-0.05, 0) is 51.0 Å². The minimum atomic E-state index is -1.03. The zero-order chi connectivity index (χ0) is 18.8. The Balaban J connectivity index is 2.19. The molecule has 1 aliphatic heterocycles. The Kier molecular flexibility index (Phi) is 5.85. The molecule has 0 aliphatic carbocycles. The van der Waals surface area contributed by atoms with Crippen LogP contribution in [0.1, 0.15) is 55.3 Å². The van der Waals surface area contributed by atoms with E-state index in [0.29, 0.717) is 12.2 Å². The number of nitrogens with zero attached hydrogens (tertiary/aromatic N) is 1. The highest BCUT2D eigenvalue weighted by Gasteiger charge is 2.52. The molecule has 1 aromatic carbocycles. The zero-order valence-electron chi connectivity index (χ0n) is 15.5. The molecule has 0 saturated carbocycles. The molecule has 6 nitrogen and oxygen atoms in total. The summed E-state index contributed by atoms with van der Waals surface area (Å²) in [5.41, 5.74) is -0.205. The van der Waals surface area contributed by atoms with Crippen LogP contribution in [0.15, 0.2) is 24.3 Å². The summed E-state index contributed by atoms with van der Waals surface area (Å²) < 4.78 is 11.8. The molecule has 0 bridgehead atoms. The Morgan fingerprint density at radius 3 is 2.16 bits per heavy atom. The molecule has 1 N–H and O–H groups in total. The first kappa shape index (κ1) is 19.4. The molecule has 2 unspecified atom stereocenters. The number of carbonyl (C=O) groups excluding carboxylic acids is 1. The second kappa shape index (κ2) is 7.54. The fourth-order valence-corrected chi connectivity index (χ4v) is 3.61. The summed E-state index contributed by atoms with van der Waals surface area (Å²) in [5.74, 6) is -1.38. The molecule has 6 heteroatoms. The number of carboxylic acid groups (broad SMARTS) is 1. The van der Waals surface area contributed by atoms with E-state index < -0.39 is 23.8 Å². The van der Waals surface area contributed by atoms with E-state index in [1.807, 2.05) is 6.92 Å². The van der Waals surface area contributed by atoms with Gasteiger partial charge in [-0.1, -0.05) is 13.8 Å². The van der Waals surface area contributed by atoms with Gasteiger partial charge in [-0.2, -0.15) is 0 Å². The minimum Gasteiger partial charge on any atom is -0.478 e. The Morgan fingerprint density at radius 1 is 1.12 bits per heavy atom. The zero-order valence-corrected chi connectivity index (χ0v) is 15.5. The molecule has 2 atom stereocenters. The number of hydrogen-bond donors (Lipinski definition) is 1. The predicted molar refractivity (Wildman–Crippen MR) is 93.6 cm³/mol. The number of ether oxygens (including phenoxy) is 2. The van der Waals surface area contributed by atoms with Crippen molar-refractivity contribution in [2.45, 2.75) is 52.5 Å². The van der Waals surface area contributed by atoms with Crippen molar-refractivity contribution in [1.29, 1.82) is 0 Å². The standard InChI is InChI=1S/C19H27NO5/c1-12(2)19(20(13(3)4)10-11-24-19)14(5)25-18(23)16-8-6-15(7-9-16)17(21)22/h6-9,12-14H,10-11H2,1-5H3,(H,21,22). The summed E-state index contributed by atoms with van der Waals surface area (Å²) >= 11 is 0. The highest BCUT2D eigenvalue weighted by molar-refractivity contribution is 5.92. The molecule has 1 saturated heterocycles. The Morgan fingerprint density at radius 2 is 1.68 bits per heavy atom. The Labute approximate surface area is 148 Å². The summed E-state index contributed by atoms with van der Waals surface area (Å²) in [6.45, 7) is 11.6. The summed E-state index contributed by atoms with van der Waals surface area (Å²) in [5, 5.41) is 8.94. The maximum atomic E-state index is 12.5. The third-order valence-corrected chi connectivity index (χ3v) is 4.80. The van der Waals surface area contributed by atoms with E-state index >= 15 is 0 Å². The van der Waals surface area contributed by atoms with Crippen LogP contribution in [0.5, 0.6) is 0 Å². The lowest BCUT2D eigenvalue weighted by Gasteiger charge is -2.45. The molecule has 1 aliphatic rings. The van der Waals surface area contributed by atoms with Gasteiger partial charge < -0.3 is 14.6 Å². The molecule has 25 heavy (non-hydrogen) atoms. The van der Waals surface area contributed by atoms with Gasteiger partial charge in [0.2, 0.25) is 0 Å². The number of esters is 1. The van der Waals surface area contributed by atoms with E-state index in [-0.39, 0.29) is 17.5 Å². The maximum absolute atomic E-state index is 12.5. The number of carbonyl (C=O) groups is 2. The number of carboxylic acids is 1. The molecule has 1 fully saturated rings. The van der Waals surface area contributed by atoms with Crippen LogP contribution in [0, 0.1) is 5.92 Å². The predicted octanol–water partition coefficient (Wildman–Crippen LogP) is 3.02. The van der Waals surface area contributed by atoms with Gasteiger partial charge in [0.05, 0.1) is 17.7 Å². The van der Waals surface area contributed by atoms with E-state index in [1.54, 1.807) is 0 Å². The van der Waals surface area contributed by atoms with E-state index in [9.17, 15) is 9.59 Å². The number of rotatable bonds is 6. The van der Waals surface area contributed by atoms with Crippen LogP contribution in [0.3, 0.4) is 0 Å². The SMILES string of the molecule is CC(C)N1CCOC1(C(C)C)C(C)OC(=O)c1ccc(C(=O)O)cc1.